The fraction of sp³-hybridized carbons (Fsp3) is 0.360. The van der Waals surface area contributed by atoms with Gasteiger partial charge in [-0.05, 0) is 42.5 Å². The maximum Gasteiger partial charge on any atom is 0.242 e. The average molecular weight is 460 g/mol. The number of amides is 1. The standard InChI is InChI=1S/C25H29N7O2/c1-16(2)10-20(29-22-13-23(31-25(26)30-22)32-8-4-5-9-32)24(33)28-14-17-11-18-6-7-19(27-3)12-21(18)34-15-17/h4-9,12-13,16-17,20H,10-11,14-15H2,1-2H3,(H,28,33)(H3,26,29,30,31)/t17?,20-/m1/s1. The molecule has 0 aliphatic carbocycles. The molecule has 1 amide bonds. The van der Waals surface area contributed by atoms with Gasteiger partial charge in [0, 0.05) is 30.9 Å². The van der Waals surface area contributed by atoms with E-state index in [2.05, 4.69) is 39.3 Å². The molecular formula is C25H29N7O2. The van der Waals surface area contributed by atoms with Crippen LogP contribution >= 0.6 is 0 Å². The molecule has 1 aliphatic heterocycles. The first kappa shape index (κ1) is 23.1. The van der Waals surface area contributed by atoms with Gasteiger partial charge in [-0.15, -0.1) is 0 Å². The number of nitrogens with two attached hydrogens (primary N) is 1. The Balaban J connectivity index is 1.41. The molecule has 9 nitrogen and oxygen atoms in total. The van der Waals surface area contributed by atoms with E-state index in [0.717, 1.165) is 17.7 Å². The molecule has 1 aromatic carbocycles. The molecule has 4 rings (SSSR count). The predicted molar refractivity (Wildman–Crippen MR) is 131 cm³/mol. The number of carbonyl (C=O) groups is 1. The summed E-state index contributed by atoms with van der Waals surface area (Å²) in [6.45, 7) is 12.3. The minimum Gasteiger partial charge on any atom is -0.494 e. The third-order valence-electron chi connectivity index (χ3n) is 5.67. The summed E-state index contributed by atoms with van der Waals surface area (Å²) in [5.74, 6) is 2.39. The average Bonchev–Trinajstić information content (AvgIpc) is 3.36. The minimum absolute atomic E-state index is 0.0949. The van der Waals surface area contributed by atoms with Gasteiger partial charge < -0.3 is 25.7 Å². The molecule has 9 heteroatoms. The zero-order valence-corrected chi connectivity index (χ0v) is 19.4. The van der Waals surface area contributed by atoms with E-state index in [4.69, 9.17) is 17.0 Å². The van der Waals surface area contributed by atoms with Gasteiger partial charge in [0.15, 0.2) is 5.69 Å². The van der Waals surface area contributed by atoms with Crippen molar-refractivity contribution in [2.24, 2.45) is 11.8 Å². The van der Waals surface area contributed by atoms with Crippen LogP contribution in [0.1, 0.15) is 25.8 Å². The van der Waals surface area contributed by atoms with Crippen molar-refractivity contribution in [3.05, 3.63) is 65.8 Å². The van der Waals surface area contributed by atoms with Crippen LogP contribution in [0.2, 0.25) is 0 Å². The van der Waals surface area contributed by atoms with E-state index in [9.17, 15) is 4.79 Å². The van der Waals surface area contributed by atoms with Gasteiger partial charge in [0.05, 0.1) is 13.2 Å². The Bertz CT molecular complexity index is 1180. The van der Waals surface area contributed by atoms with Crippen LogP contribution in [0.15, 0.2) is 48.8 Å². The Morgan fingerprint density at radius 1 is 1.29 bits per heavy atom. The molecule has 0 radical (unpaired) electrons. The van der Waals surface area contributed by atoms with Crippen molar-refractivity contribution < 1.29 is 9.53 Å². The lowest BCUT2D eigenvalue weighted by molar-refractivity contribution is -0.122. The first-order chi connectivity index (χ1) is 16.4. The van der Waals surface area contributed by atoms with Gasteiger partial charge in [-0.25, -0.2) is 4.85 Å². The van der Waals surface area contributed by atoms with Gasteiger partial charge in [0.2, 0.25) is 11.9 Å². The summed E-state index contributed by atoms with van der Waals surface area (Å²) in [5, 5.41) is 6.33. The zero-order chi connectivity index (χ0) is 24.1. The fourth-order valence-electron chi connectivity index (χ4n) is 4.02. The first-order valence-electron chi connectivity index (χ1n) is 11.4. The van der Waals surface area contributed by atoms with Crippen LogP contribution in [0.25, 0.3) is 10.7 Å². The Morgan fingerprint density at radius 3 is 2.82 bits per heavy atom. The second-order valence-corrected chi connectivity index (χ2v) is 8.92. The minimum atomic E-state index is -0.468. The lowest BCUT2D eigenvalue weighted by Gasteiger charge is -2.27. The fourth-order valence-corrected chi connectivity index (χ4v) is 4.02. The molecule has 0 spiro atoms. The van der Waals surface area contributed by atoms with Crippen LogP contribution in [0.3, 0.4) is 0 Å². The number of ether oxygens (including phenoxy) is 1. The predicted octanol–water partition coefficient (Wildman–Crippen LogP) is 3.59. The number of hydrogen-bond acceptors (Lipinski definition) is 6. The number of aromatic nitrogens is 3. The van der Waals surface area contributed by atoms with Crippen molar-refractivity contribution in [2.45, 2.75) is 32.7 Å². The Hall–Kier alpha value is -4.06. The topological polar surface area (TPSA) is 111 Å². The highest BCUT2D eigenvalue weighted by molar-refractivity contribution is 5.84. The van der Waals surface area contributed by atoms with Crippen molar-refractivity contribution in [3.8, 4) is 11.6 Å². The van der Waals surface area contributed by atoms with Crippen molar-refractivity contribution in [1.82, 2.24) is 19.9 Å². The Labute approximate surface area is 199 Å². The van der Waals surface area contributed by atoms with Gasteiger partial charge in [-0.2, -0.15) is 9.97 Å². The molecule has 4 N–H and O–H groups in total. The maximum absolute atomic E-state index is 13.1. The van der Waals surface area contributed by atoms with E-state index >= 15 is 0 Å². The molecular weight excluding hydrogens is 430 g/mol. The largest absolute Gasteiger partial charge is 0.494 e. The lowest BCUT2D eigenvalue weighted by Crippen LogP contribution is -2.44. The summed E-state index contributed by atoms with van der Waals surface area (Å²) in [7, 11) is 0. The quantitative estimate of drug-likeness (QED) is 0.444. The molecule has 0 saturated carbocycles. The number of hydrogen-bond donors (Lipinski definition) is 3. The Kier molecular flexibility index (Phi) is 6.97. The Morgan fingerprint density at radius 2 is 2.09 bits per heavy atom. The number of fused-ring (bicyclic) bond motifs is 1. The molecule has 2 aromatic heterocycles. The highest BCUT2D eigenvalue weighted by Gasteiger charge is 2.24. The molecule has 0 bridgehead atoms. The van der Waals surface area contributed by atoms with E-state index in [-0.39, 0.29) is 17.8 Å². The summed E-state index contributed by atoms with van der Waals surface area (Å²) in [4.78, 5) is 25.1. The van der Waals surface area contributed by atoms with E-state index in [1.54, 1.807) is 18.2 Å². The van der Waals surface area contributed by atoms with E-state index in [0.29, 0.717) is 42.8 Å². The number of benzene rings is 1. The highest BCUT2D eigenvalue weighted by Crippen LogP contribution is 2.31. The van der Waals surface area contributed by atoms with Crippen LogP contribution in [-0.2, 0) is 11.2 Å². The summed E-state index contributed by atoms with van der Waals surface area (Å²) >= 11 is 0. The summed E-state index contributed by atoms with van der Waals surface area (Å²) in [6, 6.07) is 10.6. The van der Waals surface area contributed by atoms with Crippen molar-refractivity contribution >= 4 is 23.4 Å². The first-order valence-corrected chi connectivity index (χ1v) is 11.4. The van der Waals surface area contributed by atoms with Crippen molar-refractivity contribution in [3.63, 3.8) is 0 Å². The van der Waals surface area contributed by atoms with Crippen LogP contribution in [0, 0.1) is 18.4 Å². The molecule has 3 aromatic rings. The van der Waals surface area contributed by atoms with Crippen LogP contribution in [0.5, 0.6) is 5.75 Å². The zero-order valence-electron chi connectivity index (χ0n) is 19.4. The molecule has 1 aliphatic rings. The molecule has 2 atom stereocenters. The van der Waals surface area contributed by atoms with Crippen molar-refractivity contribution in [2.75, 3.05) is 24.2 Å². The molecule has 176 valence electrons. The highest BCUT2D eigenvalue weighted by atomic mass is 16.5. The van der Waals surface area contributed by atoms with E-state index in [1.807, 2.05) is 35.2 Å². The van der Waals surface area contributed by atoms with Gasteiger partial charge in [-0.3, -0.25) is 4.79 Å². The molecule has 0 fully saturated rings. The van der Waals surface area contributed by atoms with Gasteiger partial charge in [0.1, 0.15) is 23.4 Å². The second-order valence-electron chi connectivity index (χ2n) is 8.92. The summed E-state index contributed by atoms with van der Waals surface area (Å²) < 4.78 is 7.69. The van der Waals surface area contributed by atoms with E-state index < -0.39 is 6.04 Å². The monoisotopic (exact) mass is 459 g/mol. The lowest BCUT2D eigenvalue weighted by atomic mass is 9.96. The number of rotatable bonds is 8. The number of carbonyl (C=O) groups excluding carboxylic acids is 1. The van der Waals surface area contributed by atoms with Crippen LogP contribution in [0.4, 0.5) is 17.5 Å². The normalized spacial score (nSPS) is 15.6. The second kappa shape index (κ2) is 10.3. The van der Waals surface area contributed by atoms with E-state index in [1.165, 1.54) is 0 Å². The van der Waals surface area contributed by atoms with Crippen LogP contribution in [-0.4, -0.2) is 39.6 Å². The summed E-state index contributed by atoms with van der Waals surface area (Å²) in [5.41, 5.74) is 7.55. The van der Waals surface area contributed by atoms with Gasteiger partial charge in [0.25, 0.3) is 0 Å². The van der Waals surface area contributed by atoms with Gasteiger partial charge in [-0.1, -0.05) is 26.0 Å². The maximum atomic E-state index is 13.1. The molecule has 0 saturated heterocycles. The van der Waals surface area contributed by atoms with Crippen LogP contribution < -0.4 is 21.1 Å². The molecule has 3 heterocycles. The third kappa shape index (κ3) is 5.64. The number of nitrogens with one attached hydrogen (secondary N) is 2. The molecule has 34 heavy (non-hydrogen) atoms. The summed E-state index contributed by atoms with van der Waals surface area (Å²) in [6.07, 6.45) is 5.17. The number of nitrogen functional groups attached to an aromatic ring is 1. The SMILES string of the molecule is [C-]#[N+]c1ccc2c(c1)OCC(CNC(=O)[C@@H](CC(C)C)Nc1cc(-n3cccc3)nc(N)n1)C2. The smallest absolute Gasteiger partial charge is 0.242 e. The van der Waals surface area contributed by atoms with Gasteiger partial charge >= 0.3 is 0 Å². The number of anilines is 2. The van der Waals surface area contributed by atoms with Crippen molar-refractivity contribution in [1.29, 1.82) is 0 Å². The molecule has 1 unspecified atom stereocenters. The third-order valence-corrected chi connectivity index (χ3v) is 5.67. The number of nitrogens with zero attached hydrogens (tertiary/aromatic N) is 4.